The predicted octanol–water partition coefficient (Wildman–Crippen LogP) is 4.50. The molecule has 1 rings (SSSR count). The number of aliphatic hydroxyl groups is 1. The molecule has 0 aromatic carbocycles. The summed E-state index contributed by atoms with van der Waals surface area (Å²) in [6.45, 7) is 17.3. The minimum atomic E-state index is -1.80. The Bertz CT molecular complexity index is 345. The summed E-state index contributed by atoms with van der Waals surface area (Å²) in [5, 5.41) is 10.6. The molecule has 1 unspecified atom stereocenters. The first kappa shape index (κ1) is 16.9. The Balaban J connectivity index is 2.97. The van der Waals surface area contributed by atoms with Gasteiger partial charge in [-0.05, 0) is 51.7 Å². The van der Waals surface area contributed by atoms with E-state index in [2.05, 4.69) is 46.9 Å². The molecule has 0 spiro atoms. The molecular formula is C16H32O2Si. The lowest BCUT2D eigenvalue weighted by atomic mass is 9.78. The summed E-state index contributed by atoms with van der Waals surface area (Å²) in [5.74, 6) is 0.199. The molecule has 0 saturated heterocycles. The van der Waals surface area contributed by atoms with Crippen LogP contribution in [0.25, 0.3) is 0 Å². The number of rotatable bonds is 3. The summed E-state index contributed by atoms with van der Waals surface area (Å²) >= 11 is 0. The molecule has 0 fully saturated rings. The van der Waals surface area contributed by atoms with E-state index >= 15 is 0 Å². The van der Waals surface area contributed by atoms with Crippen molar-refractivity contribution in [2.75, 3.05) is 0 Å². The second kappa shape index (κ2) is 5.34. The Hall–Kier alpha value is -0.123. The molecule has 2 atom stereocenters. The van der Waals surface area contributed by atoms with Crippen LogP contribution < -0.4 is 0 Å². The van der Waals surface area contributed by atoms with Gasteiger partial charge in [-0.3, -0.25) is 0 Å². The van der Waals surface area contributed by atoms with Crippen LogP contribution in [0.15, 0.2) is 11.6 Å². The van der Waals surface area contributed by atoms with Crippen LogP contribution in [0.1, 0.15) is 54.4 Å². The Morgan fingerprint density at radius 2 is 1.74 bits per heavy atom. The predicted molar refractivity (Wildman–Crippen MR) is 84.8 cm³/mol. The summed E-state index contributed by atoms with van der Waals surface area (Å²) in [4.78, 5) is 0. The third kappa shape index (κ3) is 4.17. The van der Waals surface area contributed by atoms with Crippen molar-refractivity contribution in [3.8, 4) is 0 Å². The second-order valence-corrected chi connectivity index (χ2v) is 12.9. The fraction of sp³-hybridized carbons (Fsp3) is 0.875. The number of allylic oxidation sites excluding steroid dienone is 1. The topological polar surface area (TPSA) is 29.5 Å². The molecule has 0 saturated carbocycles. The largest absolute Gasteiger partial charge is 0.410 e. The smallest absolute Gasteiger partial charge is 0.192 e. The van der Waals surface area contributed by atoms with Crippen molar-refractivity contribution in [3.63, 3.8) is 0 Å². The monoisotopic (exact) mass is 284 g/mol. The van der Waals surface area contributed by atoms with Crippen LogP contribution in [0.3, 0.4) is 0 Å². The van der Waals surface area contributed by atoms with E-state index in [4.69, 9.17) is 4.43 Å². The van der Waals surface area contributed by atoms with E-state index in [0.717, 1.165) is 12.8 Å². The van der Waals surface area contributed by atoms with Crippen molar-refractivity contribution < 1.29 is 9.53 Å². The van der Waals surface area contributed by atoms with Crippen LogP contribution in [-0.2, 0) is 4.43 Å². The normalized spacial score (nSPS) is 26.3. The third-order valence-electron chi connectivity index (χ3n) is 4.84. The summed E-state index contributed by atoms with van der Waals surface area (Å²) < 4.78 is 6.56. The zero-order valence-corrected chi connectivity index (χ0v) is 15.0. The van der Waals surface area contributed by atoms with Crippen LogP contribution in [0.5, 0.6) is 0 Å². The van der Waals surface area contributed by atoms with Gasteiger partial charge in [-0.1, -0.05) is 32.4 Å². The highest BCUT2D eigenvalue weighted by Crippen LogP contribution is 2.41. The standard InChI is InChI=1S/C16H32O2Si/c1-12-9-10-13(16(5,6)17)14(11-12)18-19(7,8)15(2,3)4/h11,13-14,17H,9-10H2,1-8H3/t13-,14?/m1/s1. The van der Waals surface area contributed by atoms with Crippen molar-refractivity contribution in [2.45, 2.75) is 84.2 Å². The van der Waals surface area contributed by atoms with Crippen LogP contribution >= 0.6 is 0 Å². The molecule has 0 bridgehead atoms. The molecule has 0 radical (unpaired) electrons. The molecule has 112 valence electrons. The molecular weight excluding hydrogens is 252 g/mol. The first-order valence-electron chi connectivity index (χ1n) is 7.42. The quantitative estimate of drug-likeness (QED) is 0.610. The highest BCUT2D eigenvalue weighted by Gasteiger charge is 2.43. The van der Waals surface area contributed by atoms with Crippen molar-refractivity contribution in [1.82, 2.24) is 0 Å². The van der Waals surface area contributed by atoms with Gasteiger partial charge in [-0.25, -0.2) is 0 Å². The van der Waals surface area contributed by atoms with Gasteiger partial charge in [0.25, 0.3) is 0 Å². The molecule has 1 aliphatic carbocycles. The van der Waals surface area contributed by atoms with Gasteiger partial charge < -0.3 is 9.53 Å². The van der Waals surface area contributed by atoms with E-state index in [1.807, 2.05) is 13.8 Å². The SMILES string of the molecule is CC1=CC(O[Si](C)(C)C(C)(C)C)[C@H](C(C)(C)O)CC1. The van der Waals surface area contributed by atoms with Crippen molar-refractivity contribution in [3.05, 3.63) is 11.6 Å². The molecule has 2 nitrogen and oxygen atoms in total. The molecule has 0 heterocycles. The van der Waals surface area contributed by atoms with E-state index in [1.54, 1.807) is 0 Å². The lowest BCUT2D eigenvalue weighted by Gasteiger charge is -2.44. The maximum absolute atomic E-state index is 10.4. The van der Waals surface area contributed by atoms with Gasteiger partial charge in [0.1, 0.15) is 0 Å². The number of hydrogen-bond donors (Lipinski definition) is 1. The van der Waals surface area contributed by atoms with Gasteiger partial charge in [-0.15, -0.1) is 0 Å². The minimum Gasteiger partial charge on any atom is -0.410 e. The van der Waals surface area contributed by atoms with Gasteiger partial charge in [0, 0.05) is 5.92 Å². The van der Waals surface area contributed by atoms with Gasteiger partial charge in [0.05, 0.1) is 11.7 Å². The lowest BCUT2D eigenvalue weighted by molar-refractivity contribution is -0.0339. The molecule has 1 N–H and O–H groups in total. The Kier molecular flexibility index (Phi) is 4.76. The third-order valence-corrected chi connectivity index (χ3v) is 9.31. The summed E-state index contributed by atoms with van der Waals surface area (Å²) in [7, 11) is -1.80. The van der Waals surface area contributed by atoms with Crippen LogP contribution in [0, 0.1) is 5.92 Å². The summed E-state index contributed by atoms with van der Waals surface area (Å²) in [5.41, 5.74) is 0.716. The first-order valence-corrected chi connectivity index (χ1v) is 10.3. The minimum absolute atomic E-state index is 0.0645. The Morgan fingerprint density at radius 3 is 2.16 bits per heavy atom. The van der Waals surface area contributed by atoms with Gasteiger partial charge >= 0.3 is 0 Å². The zero-order valence-electron chi connectivity index (χ0n) is 14.0. The summed E-state index contributed by atoms with van der Waals surface area (Å²) in [6.07, 6.45) is 4.40. The van der Waals surface area contributed by atoms with E-state index in [1.165, 1.54) is 5.57 Å². The van der Waals surface area contributed by atoms with Gasteiger partial charge in [0.15, 0.2) is 8.32 Å². The van der Waals surface area contributed by atoms with E-state index in [0.29, 0.717) is 0 Å². The van der Waals surface area contributed by atoms with E-state index < -0.39 is 13.9 Å². The van der Waals surface area contributed by atoms with Crippen LogP contribution in [0.2, 0.25) is 18.1 Å². The molecule has 0 aromatic rings. The van der Waals surface area contributed by atoms with E-state index in [-0.39, 0.29) is 17.1 Å². The fourth-order valence-electron chi connectivity index (χ4n) is 2.42. The molecule has 0 aliphatic heterocycles. The average molecular weight is 285 g/mol. The number of hydrogen-bond acceptors (Lipinski definition) is 2. The maximum Gasteiger partial charge on any atom is 0.192 e. The van der Waals surface area contributed by atoms with Crippen molar-refractivity contribution in [2.24, 2.45) is 5.92 Å². The highest BCUT2D eigenvalue weighted by atomic mass is 28.4. The maximum atomic E-state index is 10.4. The molecule has 1 aliphatic rings. The fourth-order valence-corrected chi connectivity index (χ4v) is 3.68. The average Bonchev–Trinajstić information content (AvgIpc) is 2.12. The lowest BCUT2D eigenvalue weighted by Crippen LogP contribution is -2.50. The van der Waals surface area contributed by atoms with Crippen molar-refractivity contribution >= 4 is 8.32 Å². The molecule has 3 heteroatoms. The Morgan fingerprint density at radius 1 is 1.21 bits per heavy atom. The second-order valence-electron chi connectivity index (χ2n) is 8.15. The van der Waals surface area contributed by atoms with Gasteiger partial charge in [-0.2, -0.15) is 0 Å². The molecule has 0 amide bonds. The van der Waals surface area contributed by atoms with E-state index in [9.17, 15) is 5.11 Å². The van der Waals surface area contributed by atoms with Crippen molar-refractivity contribution in [1.29, 1.82) is 0 Å². The first-order chi connectivity index (χ1) is 8.34. The molecule has 19 heavy (non-hydrogen) atoms. The Labute approximate surface area is 120 Å². The summed E-state index contributed by atoms with van der Waals surface area (Å²) in [6, 6.07) is 0. The molecule has 0 aromatic heterocycles. The van der Waals surface area contributed by atoms with Crippen LogP contribution in [0.4, 0.5) is 0 Å². The van der Waals surface area contributed by atoms with Crippen LogP contribution in [-0.4, -0.2) is 25.1 Å². The highest BCUT2D eigenvalue weighted by molar-refractivity contribution is 6.74. The zero-order chi connectivity index (χ0) is 15.1. The van der Waals surface area contributed by atoms with Gasteiger partial charge in [0.2, 0.25) is 0 Å².